The second-order valence-electron chi connectivity index (χ2n) is 25.0. The molecule has 20 heterocycles. The third-order valence-corrected chi connectivity index (χ3v) is 18.4. The van der Waals surface area contributed by atoms with E-state index in [1.807, 2.05) is 210 Å². The minimum atomic E-state index is 0.699. The standard InChI is InChI=1S/3C8H6N2.C8H11N.C7H5N3.2C7H10N2.C7H6N2.2C6H5N3.C6H8N2O.C5H4N2S/c1-2-7-3-5-9-6-8(7)10-4-1;1-2-4-8-7(3-1)5-9-6-10-8;1-2-4-8-7(3-1)9-5-6-10-8;1-2-4-8-6-9-5-7(8)3-1;1-2-6-7(9-3-1)10-5-4-8-6;1-2-6-9-7(3-1)4-5-8-9;1-2-4-9-6-8-5-7(9)3-1;1-2-4-7-6(3-1)5-8-9-7;1-3-7-6-2-4-8-9(6)5-1;1-2-6-3-5-8-9(6)7-4-1;1-2-7-8-3-4-9-5-6(1)8;1-2-7-3-4-8-5(7)6-1/h3*1-6H;5H,1-4,6H2;1-5H;4-5H,1-3,6H2;5-6H,1-4H2;1-5H,(H,8,9);2*1-5H;1-2H,3-5H2;1-4H. The van der Waals surface area contributed by atoms with E-state index in [2.05, 4.69) is 122 Å². The first kappa shape index (κ1) is 75.5. The lowest BCUT2D eigenvalue weighted by Crippen LogP contribution is -2.16. The number of aromatic amines is 1. The summed E-state index contributed by atoms with van der Waals surface area (Å²) in [6.45, 7) is 5.74. The molecule has 28 heteroatoms. The lowest BCUT2D eigenvalue weighted by molar-refractivity contribution is 0.0800. The maximum atomic E-state index is 5.19. The summed E-state index contributed by atoms with van der Waals surface area (Å²) < 4.78 is 16.8. The van der Waals surface area contributed by atoms with Crippen LogP contribution >= 0.6 is 11.3 Å². The van der Waals surface area contributed by atoms with Crippen molar-refractivity contribution in [3.63, 3.8) is 0 Å². The Morgan fingerprint density at radius 3 is 1.91 bits per heavy atom. The van der Waals surface area contributed by atoms with Crippen LogP contribution < -0.4 is 0 Å². The summed E-state index contributed by atoms with van der Waals surface area (Å²) in [7, 11) is 0. The zero-order valence-corrected chi connectivity index (χ0v) is 61.9. The number of ether oxygens (including phenoxy) is 1. The quantitative estimate of drug-likeness (QED) is 0.147. The van der Waals surface area contributed by atoms with Crippen LogP contribution in [0.4, 0.5) is 0 Å². The predicted octanol–water partition coefficient (Wildman–Crippen LogP) is 15.1. The fourth-order valence-corrected chi connectivity index (χ4v) is 12.6. The molecule has 24 rings (SSSR count). The Hall–Kier alpha value is -13.7. The van der Waals surface area contributed by atoms with E-state index in [-0.39, 0.29) is 0 Å². The van der Waals surface area contributed by atoms with E-state index in [9.17, 15) is 0 Å². The van der Waals surface area contributed by atoms with Crippen LogP contribution in [0.2, 0.25) is 0 Å². The number of nitrogens with one attached hydrogen (secondary N) is 1. The van der Waals surface area contributed by atoms with Crippen molar-refractivity contribution in [2.45, 2.75) is 90.4 Å². The van der Waals surface area contributed by atoms with Gasteiger partial charge in [-0.1, -0.05) is 54.6 Å². The molecule has 19 aromatic rings. The van der Waals surface area contributed by atoms with Crippen LogP contribution in [0, 0.1) is 0 Å². The predicted molar refractivity (Wildman–Crippen MR) is 432 cm³/mol. The van der Waals surface area contributed by atoms with E-state index >= 15 is 0 Å². The number of aromatic nitrogens is 25. The van der Waals surface area contributed by atoms with Gasteiger partial charge in [0.05, 0.1) is 96.2 Å². The topological polar surface area (TPSA) is 297 Å². The number of hydrogen-bond acceptors (Lipinski definition) is 21. The average Bonchev–Trinajstić information content (AvgIpc) is 1.20. The van der Waals surface area contributed by atoms with Gasteiger partial charge in [0.25, 0.3) is 0 Å². The summed E-state index contributed by atoms with van der Waals surface area (Å²) >= 11 is 1.65. The van der Waals surface area contributed by atoms with Crippen LogP contribution in [-0.4, -0.2) is 142 Å². The monoisotopic (exact) mass is 1490 g/mol. The molecule has 4 aliphatic heterocycles. The van der Waals surface area contributed by atoms with Crippen LogP contribution in [0.1, 0.15) is 68.4 Å². The Morgan fingerprint density at radius 2 is 1.11 bits per heavy atom. The Bertz CT molecular complexity index is 4950. The van der Waals surface area contributed by atoms with Crippen molar-refractivity contribution < 1.29 is 4.74 Å². The van der Waals surface area contributed by atoms with E-state index in [0.717, 1.165) is 98.2 Å². The Kier molecular flexibility index (Phi) is 28.2. The maximum Gasteiger partial charge on any atom is 0.193 e. The first-order valence-electron chi connectivity index (χ1n) is 36.6. The Morgan fingerprint density at radius 1 is 0.414 bits per heavy atom. The molecule has 0 radical (unpaired) electrons. The number of hydrogen-bond donors (Lipinski definition) is 1. The third kappa shape index (κ3) is 22.9. The number of pyridine rings is 3. The van der Waals surface area contributed by atoms with Crippen molar-refractivity contribution >= 4 is 88.6 Å². The molecule has 0 fully saturated rings. The van der Waals surface area contributed by atoms with E-state index in [1.165, 1.54) is 87.8 Å². The molecule has 0 unspecified atom stereocenters. The summed E-state index contributed by atoms with van der Waals surface area (Å²) in [4.78, 5) is 53.8. The lowest BCUT2D eigenvalue weighted by Gasteiger charge is -2.12. The van der Waals surface area contributed by atoms with Gasteiger partial charge in [-0.3, -0.25) is 48.8 Å². The number of rotatable bonds is 0. The van der Waals surface area contributed by atoms with Gasteiger partial charge >= 0.3 is 0 Å². The molecular formula is C83H82N26OS. The normalized spacial score (nSPS) is 13.1. The zero-order valence-electron chi connectivity index (χ0n) is 61.1. The largest absolute Gasteiger partial charge is 0.373 e. The first-order valence-corrected chi connectivity index (χ1v) is 37.5. The van der Waals surface area contributed by atoms with E-state index < -0.39 is 0 Å². The van der Waals surface area contributed by atoms with Crippen molar-refractivity contribution in [3.05, 3.63) is 322 Å². The van der Waals surface area contributed by atoms with Gasteiger partial charge in [-0.25, -0.2) is 39.4 Å². The molecule has 3 aromatic carbocycles. The van der Waals surface area contributed by atoms with Crippen molar-refractivity contribution in [1.29, 1.82) is 0 Å². The number of fused-ring (bicyclic) bond motifs is 11. The summed E-state index contributed by atoms with van der Waals surface area (Å²) in [6, 6.07) is 46.9. The Balaban J connectivity index is 0.000000106. The van der Waals surface area contributed by atoms with Crippen LogP contribution in [0.15, 0.2) is 310 Å². The van der Waals surface area contributed by atoms with Crippen LogP contribution in [0.25, 0.3) is 71.0 Å². The maximum absolute atomic E-state index is 5.19. The molecule has 0 spiro atoms. The number of nitrogens with zero attached hydrogens (tertiary/aromatic N) is 25. The Labute approximate surface area is 643 Å². The second kappa shape index (κ2) is 41.4. The average molecular weight is 1490 g/mol. The highest BCUT2D eigenvalue weighted by atomic mass is 32.1. The van der Waals surface area contributed by atoms with Crippen molar-refractivity contribution in [3.8, 4) is 0 Å². The lowest BCUT2D eigenvalue weighted by atomic mass is 9.94. The molecule has 0 atom stereocenters. The molecular weight excluding hydrogens is 1410 g/mol. The van der Waals surface area contributed by atoms with Gasteiger partial charge in [-0.05, 0) is 160 Å². The van der Waals surface area contributed by atoms with Gasteiger partial charge in [0.2, 0.25) is 0 Å². The first-order chi connectivity index (χ1) is 55.1. The molecule has 0 saturated carbocycles. The highest BCUT2D eigenvalue weighted by Gasteiger charge is 2.14. The second-order valence-corrected chi connectivity index (χ2v) is 25.9. The summed E-state index contributed by atoms with van der Waals surface area (Å²) in [6.07, 6.45) is 56.1. The molecule has 111 heavy (non-hydrogen) atoms. The minimum absolute atomic E-state index is 0.699. The minimum Gasteiger partial charge on any atom is -0.373 e. The van der Waals surface area contributed by atoms with Gasteiger partial charge in [0, 0.05) is 164 Å². The van der Waals surface area contributed by atoms with Gasteiger partial charge in [0.1, 0.15) is 11.8 Å². The molecule has 16 aromatic heterocycles. The third-order valence-electron chi connectivity index (χ3n) is 17.6. The van der Waals surface area contributed by atoms with E-state index in [1.54, 1.807) is 119 Å². The van der Waals surface area contributed by atoms with Crippen LogP contribution in [-0.2, 0) is 43.8 Å². The number of H-pyrrole nitrogens is 1. The number of thiazole rings is 1. The van der Waals surface area contributed by atoms with Gasteiger partial charge < -0.3 is 9.30 Å². The summed E-state index contributed by atoms with van der Waals surface area (Å²) in [5, 5.41) is 32.3. The fraction of sp³-hybridized carbons (Fsp3) is 0.193. The summed E-state index contributed by atoms with van der Waals surface area (Å²) in [5.74, 6) is 0. The SMILES string of the molecule is C1=NCC2=C1CCCC2.c1cc2n(n1)CCCC2.c1cc2n(n1)CCOC2.c1ccc2[nH]ncc2c1.c1ccc2nccnc2c1.c1ccc2ncncc2c1.c1cn2ccsc2n1.c1cnc2ccnn2c1.c1cnc2cnccc2c1.c1cnc2nccnc2c1.c1cnn2nccc2c1.c1ncn2c1CCCC2. The summed E-state index contributed by atoms with van der Waals surface area (Å²) in [5.41, 5.74) is 15.5. The molecule has 27 nitrogen and oxygen atoms in total. The van der Waals surface area contributed by atoms with Crippen molar-refractivity contribution in [2.75, 3.05) is 13.2 Å². The van der Waals surface area contributed by atoms with Crippen molar-refractivity contribution in [2.24, 2.45) is 4.99 Å². The van der Waals surface area contributed by atoms with Gasteiger partial charge in [-0.2, -0.15) is 35.2 Å². The number of allylic oxidation sites excluding steroid dienone is 1. The molecule has 556 valence electrons. The van der Waals surface area contributed by atoms with Gasteiger partial charge in [-0.15, -0.1) is 11.3 Å². The highest BCUT2D eigenvalue weighted by molar-refractivity contribution is 7.15. The molecule has 1 aliphatic carbocycles. The molecule has 5 aliphatic rings. The zero-order chi connectivity index (χ0) is 75.4. The molecule has 0 bridgehead atoms. The number of aliphatic imine (C=N–C) groups is 1. The van der Waals surface area contributed by atoms with Crippen molar-refractivity contribution in [1.82, 2.24) is 123 Å². The van der Waals surface area contributed by atoms with E-state index in [4.69, 9.17) is 4.74 Å². The number of imidazole rings is 2. The fourth-order valence-electron chi connectivity index (χ4n) is 11.9. The van der Waals surface area contributed by atoms with Crippen LogP contribution in [0.3, 0.4) is 0 Å². The van der Waals surface area contributed by atoms with E-state index in [0.29, 0.717) is 5.65 Å². The van der Waals surface area contributed by atoms with Crippen LogP contribution in [0.5, 0.6) is 0 Å². The number of para-hydroxylation sites is 4. The molecule has 1 N–H and O–H groups in total. The number of benzene rings is 3. The smallest absolute Gasteiger partial charge is 0.193 e. The molecule has 0 amide bonds. The highest BCUT2D eigenvalue weighted by Crippen LogP contribution is 2.26. The number of aryl methyl sites for hydroxylation is 4. The van der Waals surface area contributed by atoms with Gasteiger partial charge in [0.15, 0.2) is 16.3 Å². The molecule has 0 saturated heterocycles.